The summed E-state index contributed by atoms with van der Waals surface area (Å²) >= 11 is 0. The minimum absolute atomic E-state index is 0.0242. The van der Waals surface area contributed by atoms with E-state index >= 15 is 0 Å². The van der Waals surface area contributed by atoms with Crippen molar-refractivity contribution in [3.8, 4) is 0 Å². The summed E-state index contributed by atoms with van der Waals surface area (Å²) in [6.45, 7) is 12.8. The molecule has 3 rings (SSSR count). The number of nitrogens with zero attached hydrogens (tertiary/aromatic N) is 3. The van der Waals surface area contributed by atoms with Crippen LogP contribution in [-0.4, -0.2) is 146 Å². The number of cyclic esters (lactones) is 1. The van der Waals surface area contributed by atoms with Gasteiger partial charge in [-0.2, -0.15) is 0 Å². The fourth-order valence-corrected chi connectivity index (χ4v) is 7.23. The monoisotopic (exact) mass is 613 g/mol. The van der Waals surface area contributed by atoms with Gasteiger partial charge in [-0.05, 0) is 67.6 Å². The van der Waals surface area contributed by atoms with E-state index in [1.54, 1.807) is 27.9 Å². The number of rotatable bonds is 7. The van der Waals surface area contributed by atoms with Gasteiger partial charge in [0.2, 0.25) is 0 Å². The summed E-state index contributed by atoms with van der Waals surface area (Å²) in [7, 11) is 7.39. The third kappa shape index (κ3) is 8.14. The summed E-state index contributed by atoms with van der Waals surface area (Å²) in [5.41, 5.74) is -2.44. The average Bonchev–Trinajstić information content (AvgIpc) is 2.89. The lowest BCUT2D eigenvalue weighted by atomic mass is 9.74. The summed E-state index contributed by atoms with van der Waals surface area (Å²) in [5.74, 6) is -2.43. The standard InChI is InChI=1S/C31H55N3O9/c1-18-12-31(6,40-10)27(43-28-25(37)22(32(7)8)11-19(2)42-28)20(3)26(38)30(4,5)29(39)41-17-23(33(9)13-18)21-14-34(15-21)16-24(35)36/h18-23,25,27-28,37H,11-17H2,1-10H3,(H,35,36)/t18-,19-,20+,22+,23+,25-,27-,28+,31-/m1/s1. The van der Waals surface area contributed by atoms with E-state index in [0.717, 1.165) is 0 Å². The third-order valence-electron chi connectivity index (χ3n) is 9.81. The second kappa shape index (κ2) is 14.2. The fraction of sp³-hybridized carbons (Fsp3) is 0.903. The van der Waals surface area contributed by atoms with E-state index < -0.39 is 47.4 Å². The van der Waals surface area contributed by atoms with Crippen LogP contribution in [0.5, 0.6) is 0 Å². The highest BCUT2D eigenvalue weighted by Crippen LogP contribution is 2.38. The summed E-state index contributed by atoms with van der Waals surface area (Å²) < 4.78 is 24.7. The molecular weight excluding hydrogens is 558 g/mol. The molecule has 12 heteroatoms. The van der Waals surface area contributed by atoms with E-state index in [2.05, 4.69) is 11.8 Å². The number of aliphatic hydroxyl groups is 1. The number of ketones is 1. The SMILES string of the molecule is CO[C@]1(C)C[C@@H](C)CN(C)[C@H](C2CN(CC(=O)O)C2)COC(=O)C(C)(C)C(=O)[C@H](C)[C@H]1O[C@@H]1O[C@H](C)C[C@H](N(C)C)[C@H]1O. The van der Waals surface area contributed by atoms with Gasteiger partial charge in [0.1, 0.15) is 18.1 Å². The molecule has 43 heavy (non-hydrogen) atoms. The topological polar surface area (TPSA) is 138 Å². The highest BCUT2D eigenvalue weighted by Gasteiger charge is 2.52. The minimum atomic E-state index is -1.47. The molecule has 0 aromatic heterocycles. The van der Waals surface area contributed by atoms with Crippen molar-refractivity contribution >= 4 is 17.7 Å². The van der Waals surface area contributed by atoms with E-state index in [4.69, 9.17) is 24.1 Å². The number of methoxy groups -OCH3 is 1. The molecule has 0 aromatic carbocycles. The predicted molar refractivity (Wildman–Crippen MR) is 159 cm³/mol. The zero-order valence-corrected chi connectivity index (χ0v) is 27.7. The Morgan fingerprint density at radius 2 is 1.74 bits per heavy atom. The predicted octanol–water partition coefficient (Wildman–Crippen LogP) is 1.33. The van der Waals surface area contributed by atoms with Crippen LogP contribution in [0.3, 0.4) is 0 Å². The van der Waals surface area contributed by atoms with E-state index in [9.17, 15) is 19.5 Å². The van der Waals surface area contributed by atoms with E-state index in [1.807, 2.05) is 44.8 Å². The Morgan fingerprint density at radius 3 is 2.30 bits per heavy atom. The summed E-state index contributed by atoms with van der Waals surface area (Å²) in [5, 5.41) is 20.4. The number of carboxylic acid groups (broad SMARTS) is 1. The molecule has 0 saturated carbocycles. The van der Waals surface area contributed by atoms with Gasteiger partial charge in [0.05, 0.1) is 24.4 Å². The van der Waals surface area contributed by atoms with Gasteiger partial charge in [0, 0.05) is 50.7 Å². The lowest BCUT2D eigenvalue weighted by Crippen LogP contribution is -2.59. The van der Waals surface area contributed by atoms with Crippen LogP contribution < -0.4 is 0 Å². The number of aliphatic carboxylic acids is 1. The normalized spacial score (nSPS) is 39.3. The number of Topliss-reactive ketones (excluding diaryl/α,β-unsaturated/α-hetero) is 1. The number of likely N-dealkylation sites (tertiary alicyclic amines) is 1. The van der Waals surface area contributed by atoms with Gasteiger partial charge in [-0.25, -0.2) is 0 Å². The molecule has 2 N–H and O–H groups in total. The fourth-order valence-electron chi connectivity index (χ4n) is 7.23. The summed E-state index contributed by atoms with van der Waals surface area (Å²) in [4.78, 5) is 44.8. The molecule has 3 heterocycles. The van der Waals surface area contributed by atoms with E-state index in [1.165, 1.54) is 0 Å². The van der Waals surface area contributed by atoms with Crippen molar-refractivity contribution in [2.24, 2.45) is 23.2 Å². The van der Waals surface area contributed by atoms with Crippen molar-refractivity contribution in [2.45, 2.75) is 96.7 Å². The largest absolute Gasteiger partial charge is 0.480 e. The maximum absolute atomic E-state index is 14.1. The van der Waals surface area contributed by atoms with Gasteiger partial charge in [-0.15, -0.1) is 0 Å². The number of likely N-dealkylation sites (N-methyl/N-ethyl adjacent to an activating group) is 2. The first-order valence-corrected chi connectivity index (χ1v) is 15.5. The Balaban J connectivity index is 1.94. The molecule has 0 radical (unpaired) electrons. The third-order valence-corrected chi connectivity index (χ3v) is 9.81. The molecule has 0 aliphatic carbocycles. The lowest BCUT2D eigenvalue weighted by molar-refractivity contribution is -0.295. The van der Waals surface area contributed by atoms with E-state index in [-0.39, 0.29) is 49.0 Å². The van der Waals surface area contributed by atoms with Gasteiger partial charge >= 0.3 is 11.9 Å². The van der Waals surface area contributed by atoms with Gasteiger partial charge in [0.15, 0.2) is 12.1 Å². The van der Waals surface area contributed by atoms with Crippen LogP contribution in [-0.2, 0) is 33.3 Å². The molecule has 0 amide bonds. The molecule has 0 unspecified atom stereocenters. The Labute approximate surface area is 256 Å². The molecule has 3 fully saturated rings. The van der Waals surface area contributed by atoms with Crippen molar-refractivity contribution in [1.29, 1.82) is 0 Å². The maximum atomic E-state index is 14.1. The van der Waals surface area contributed by atoms with Crippen LogP contribution in [0.15, 0.2) is 0 Å². The average molecular weight is 614 g/mol. The number of carbonyl (C=O) groups is 3. The molecule has 3 aliphatic rings. The van der Waals surface area contributed by atoms with Gasteiger partial charge in [-0.3, -0.25) is 24.2 Å². The molecule has 3 aliphatic heterocycles. The molecule has 9 atom stereocenters. The first-order chi connectivity index (χ1) is 19.9. The van der Waals surface area contributed by atoms with Crippen molar-refractivity contribution in [3.05, 3.63) is 0 Å². The second-order valence-corrected chi connectivity index (χ2v) is 14.2. The van der Waals surface area contributed by atoms with Gasteiger partial charge < -0.3 is 34.1 Å². The Kier molecular flexibility index (Phi) is 11.8. The van der Waals surface area contributed by atoms with Gasteiger partial charge in [0.25, 0.3) is 0 Å². The number of aliphatic hydroxyl groups excluding tert-OH is 1. The van der Waals surface area contributed by atoms with Crippen molar-refractivity contribution in [1.82, 2.24) is 14.7 Å². The van der Waals surface area contributed by atoms with Crippen LogP contribution in [0.4, 0.5) is 0 Å². The quantitative estimate of drug-likeness (QED) is 0.317. The first-order valence-electron chi connectivity index (χ1n) is 15.5. The molecule has 248 valence electrons. The number of esters is 1. The Hall–Kier alpha value is -1.67. The number of carbonyl (C=O) groups excluding carboxylic acids is 2. The molecule has 3 saturated heterocycles. The molecule has 0 spiro atoms. The van der Waals surface area contributed by atoms with Crippen LogP contribution in [0.1, 0.15) is 54.4 Å². The van der Waals surface area contributed by atoms with Crippen molar-refractivity contribution in [3.63, 3.8) is 0 Å². The molecule has 12 nitrogen and oxygen atoms in total. The maximum Gasteiger partial charge on any atom is 0.319 e. The number of hydrogen-bond acceptors (Lipinski definition) is 11. The van der Waals surface area contributed by atoms with Crippen LogP contribution in [0.2, 0.25) is 0 Å². The van der Waals surface area contributed by atoms with Gasteiger partial charge in [-0.1, -0.05) is 13.8 Å². The minimum Gasteiger partial charge on any atom is -0.480 e. The lowest BCUT2D eigenvalue weighted by Gasteiger charge is -2.47. The smallest absolute Gasteiger partial charge is 0.319 e. The van der Waals surface area contributed by atoms with Crippen LogP contribution >= 0.6 is 0 Å². The summed E-state index contributed by atoms with van der Waals surface area (Å²) in [6, 6.07) is -0.339. The van der Waals surface area contributed by atoms with Crippen LogP contribution in [0, 0.1) is 23.2 Å². The number of hydrogen-bond donors (Lipinski definition) is 2. The molecule has 0 aromatic rings. The second-order valence-electron chi connectivity index (χ2n) is 14.2. The number of ether oxygens (including phenoxy) is 4. The molecule has 0 bridgehead atoms. The zero-order chi connectivity index (χ0) is 32.4. The highest BCUT2D eigenvalue weighted by molar-refractivity contribution is 6.04. The Bertz CT molecular complexity index is 988. The summed E-state index contributed by atoms with van der Waals surface area (Å²) in [6.07, 6.45) is -1.80. The molecular formula is C31H55N3O9. The highest BCUT2D eigenvalue weighted by atomic mass is 16.7. The van der Waals surface area contributed by atoms with E-state index in [0.29, 0.717) is 32.5 Å². The van der Waals surface area contributed by atoms with Crippen molar-refractivity contribution in [2.75, 3.05) is 61.0 Å². The zero-order valence-electron chi connectivity index (χ0n) is 27.7. The first kappa shape index (κ1) is 35.8. The number of carboxylic acids is 1. The Morgan fingerprint density at radius 1 is 1.12 bits per heavy atom. The van der Waals surface area contributed by atoms with Crippen molar-refractivity contribution < 1.29 is 43.5 Å². The van der Waals surface area contributed by atoms with Crippen LogP contribution in [0.25, 0.3) is 0 Å².